The van der Waals surface area contributed by atoms with Crippen molar-refractivity contribution in [2.45, 2.75) is 13.5 Å². The first-order chi connectivity index (χ1) is 16.1. The third kappa shape index (κ3) is 4.67. The lowest BCUT2D eigenvalue weighted by atomic mass is 10.0. The fourth-order valence-electron chi connectivity index (χ4n) is 3.81. The lowest BCUT2D eigenvalue weighted by Crippen LogP contribution is -2.49. The average Bonchev–Trinajstić information content (AvgIpc) is 3.43. The molecule has 1 aliphatic rings. The van der Waals surface area contributed by atoms with Crippen LogP contribution in [0.3, 0.4) is 0 Å². The van der Waals surface area contributed by atoms with Gasteiger partial charge in [-0.25, -0.2) is 0 Å². The molecule has 1 saturated heterocycles. The third-order valence-corrected chi connectivity index (χ3v) is 6.77. The molecule has 0 bridgehead atoms. The summed E-state index contributed by atoms with van der Waals surface area (Å²) in [4.78, 5) is 20.6. The number of aryl methyl sites for hydroxylation is 1. The van der Waals surface area contributed by atoms with Gasteiger partial charge in [-0.1, -0.05) is 23.4 Å². The van der Waals surface area contributed by atoms with Gasteiger partial charge in [0.1, 0.15) is 11.5 Å². The molecule has 0 atom stereocenters. The second-order valence-electron chi connectivity index (χ2n) is 8.00. The van der Waals surface area contributed by atoms with Crippen LogP contribution in [0.2, 0.25) is 0 Å². The van der Waals surface area contributed by atoms with Crippen LogP contribution in [0, 0.1) is 12.8 Å². The molecule has 0 unspecified atom stereocenters. The first-order valence-electron chi connectivity index (χ1n) is 10.7. The monoisotopic (exact) mass is 461 g/mol. The van der Waals surface area contributed by atoms with E-state index in [-0.39, 0.29) is 11.9 Å². The topological polar surface area (TPSA) is 77.7 Å². The lowest BCUT2D eigenvalue weighted by molar-refractivity contribution is -0.151. The Morgan fingerprint density at radius 3 is 2.58 bits per heavy atom. The van der Waals surface area contributed by atoms with Crippen LogP contribution in [0.4, 0.5) is 0 Å². The summed E-state index contributed by atoms with van der Waals surface area (Å²) in [6.07, 6.45) is 0. The van der Waals surface area contributed by atoms with Gasteiger partial charge in [-0.2, -0.15) is 4.98 Å². The highest BCUT2D eigenvalue weighted by atomic mass is 32.1. The number of likely N-dealkylation sites (tertiary alicyclic amines) is 1. The second kappa shape index (κ2) is 9.17. The zero-order chi connectivity index (χ0) is 22.8. The van der Waals surface area contributed by atoms with Crippen LogP contribution in [0.1, 0.15) is 10.4 Å². The number of carbonyl (C=O) groups excluding carboxylic acids is 1. The molecule has 33 heavy (non-hydrogen) atoms. The van der Waals surface area contributed by atoms with Crippen molar-refractivity contribution in [1.29, 1.82) is 0 Å². The van der Waals surface area contributed by atoms with E-state index in [2.05, 4.69) is 28.0 Å². The Balaban J connectivity index is 1.25. The van der Waals surface area contributed by atoms with E-state index in [0.29, 0.717) is 11.7 Å². The van der Waals surface area contributed by atoms with Gasteiger partial charge in [-0.3, -0.25) is 9.69 Å². The van der Waals surface area contributed by atoms with Gasteiger partial charge in [0.25, 0.3) is 5.89 Å². The minimum absolute atomic E-state index is 0.0141. The van der Waals surface area contributed by atoms with Gasteiger partial charge in [0.05, 0.1) is 17.9 Å². The summed E-state index contributed by atoms with van der Waals surface area (Å²) >= 11 is 1.65. The number of esters is 1. The highest BCUT2D eigenvalue weighted by Crippen LogP contribution is 2.34. The molecule has 168 valence electrons. The molecule has 0 radical (unpaired) electrons. The van der Waals surface area contributed by atoms with Crippen LogP contribution in [0.5, 0.6) is 11.5 Å². The molecular weight excluding hydrogens is 438 g/mol. The van der Waals surface area contributed by atoms with Crippen molar-refractivity contribution in [3.63, 3.8) is 0 Å². The summed E-state index contributed by atoms with van der Waals surface area (Å²) in [6.45, 7) is 4.31. The normalized spacial score (nSPS) is 14.1. The maximum absolute atomic E-state index is 11.6. The van der Waals surface area contributed by atoms with E-state index in [4.69, 9.17) is 14.0 Å². The van der Waals surface area contributed by atoms with E-state index in [9.17, 15) is 4.79 Å². The summed E-state index contributed by atoms with van der Waals surface area (Å²) in [5.74, 6) is 2.43. The maximum Gasteiger partial charge on any atom is 0.311 e. The molecule has 3 heterocycles. The molecule has 1 fully saturated rings. The van der Waals surface area contributed by atoms with Gasteiger partial charge in [-0.15, -0.1) is 11.3 Å². The van der Waals surface area contributed by atoms with Gasteiger partial charge in [0.15, 0.2) is 0 Å². The highest BCUT2D eigenvalue weighted by Gasteiger charge is 2.33. The quantitative estimate of drug-likeness (QED) is 0.351. The van der Waals surface area contributed by atoms with Crippen LogP contribution in [0.15, 0.2) is 65.2 Å². The second-order valence-corrected chi connectivity index (χ2v) is 9.14. The summed E-state index contributed by atoms with van der Waals surface area (Å²) in [5.41, 5.74) is 1.94. The van der Waals surface area contributed by atoms with Crippen LogP contribution in [-0.4, -0.2) is 41.2 Å². The van der Waals surface area contributed by atoms with E-state index >= 15 is 0 Å². The zero-order valence-corrected chi connectivity index (χ0v) is 19.2. The number of hydrogen-bond donors (Lipinski definition) is 0. The Morgan fingerprint density at radius 2 is 1.85 bits per heavy atom. The Hall–Kier alpha value is -3.49. The minimum atomic E-state index is -0.131. The van der Waals surface area contributed by atoms with E-state index in [0.717, 1.165) is 47.1 Å². The first-order valence-corrected chi connectivity index (χ1v) is 11.5. The zero-order valence-electron chi connectivity index (χ0n) is 18.4. The van der Waals surface area contributed by atoms with E-state index in [1.165, 1.54) is 12.0 Å². The molecule has 0 spiro atoms. The molecular formula is C25H23N3O4S. The predicted molar refractivity (Wildman–Crippen MR) is 125 cm³/mol. The number of para-hydroxylation sites is 1. The fraction of sp³-hybridized carbons (Fsp3) is 0.240. The number of hydrogen-bond acceptors (Lipinski definition) is 8. The molecule has 0 aliphatic carbocycles. The van der Waals surface area contributed by atoms with Crippen LogP contribution < -0.4 is 4.74 Å². The Morgan fingerprint density at radius 1 is 1.12 bits per heavy atom. The van der Waals surface area contributed by atoms with E-state index in [1.54, 1.807) is 11.3 Å². The minimum Gasteiger partial charge on any atom is -0.469 e. The first kappa shape index (κ1) is 21.4. The smallest absolute Gasteiger partial charge is 0.311 e. The number of aromatic nitrogens is 2. The van der Waals surface area contributed by atoms with E-state index < -0.39 is 0 Å². The number of carbonyl (C=O) groups is 1. The molecule has 5 rings (SSSR count). The number of methoxy groups -OCH3 is 1. The number of benzene rings is 2. The van der Waals surface area contributed by atoms with Gasteiger partial charge in [-0.05, 0) is 55.0 Å². The number of rotatable bonds is 7. The van der Waals surface area contributed by atoms with Gasteiger partial charge in [0, 0.05) is 30.1 Å². The molecule has 0 amide bonds. The molecule has 7 nitrogen and oxygen atoms in total. The Kier molecular flexibility index (Phi) is 5.93. The van der Waals surface area contributed by atoms with Crippen molar-refractivity contribution in [3.05, 3.63) is 71.1 Å². The Bertz CT molecular complexity index is 1240. The van der Waals surface area contributed by atoms with Crippen molar-refractivity contribution < 1.29 is 18.8 Å². The molecule has 8 heteroatoms. The average molecular weight is 462 g/mol. The third-order valence-electron chi connectivity index (χ3n) is 5.55. The van der Waals surface area contributed by atoms with Crippen molar-refractivity contribution in [2.24, 2.45) is 5.92 Å². The Labute approximate surface area is 195 Å². The summed E-state index contributed by atoms with van der Waals surface area (Å²) in [7, 11) is 1.44. The van der Waals surface area contributed by atoms with Crippen LogP contribution in [-0.2, 0) is 16.1 Å². The summed E-state index contributed by atoms with van der Waals surface area (Å²) in [6, 6.07) is 19.4. The van der Waals surface area contributed by atoms with E-state index in [1.807, 2.05) is 54.6 Å². The highest BCUT2D eigenvalue weighted by molar-refractivity contribution is 7.15. The van der Waals surface area contributed by atoms with Gasteiger partial charge in [0.2, 0.25) is 5.82 Å². The number of thiophene rings is 1. The number of ether oxygens (including phenoxy) is 2. The molecule has 0 saturated carbocycles. The molecule has 1 aliphatic heterocycles. The molecule has 4 aromatic rings. The number of nitrogens with zero attached hydrogens (tertiary/aromatic N) is 3. The lowest BCUT2D eigenvalue weighted by Gasteiger charge is -2.36. The van der Waals surface area contributed by atoms with Gasteiger partial charge >= 0.3 is 5.97 Å². The van der Waals surface area contributed by atoms with Crippen LogP contribution >= 0.6 is 11.3 Å². The predicted octanol–water partition coefficient (Wildman–Crippen LogP) is 5.17. The van der Waals surface area contributed by atoms with Crippen molar-refractivity contribution in [3.8, 4) is 33.7 Å². The summed E-state index contributed by atoms with van der Waals surface area (Å²) in [5, 5.41) is 4.21. The molecule has 0 N–H and O–H groups in total. The van der Waals surface area contributed by atoms with Crippen molar-refractivity contribution in [2.75, 3.05) is 20.2 Å². The SMILES string of the molecule is COC(=O)C1CN(Cc2cc(C)c(-c3noc(-c4ccc(Oc5ccccc5)cc4)n3)s2)C1. The molecule has 2 aromatic heterocycles. The van der Waals surface area contributed by atoms with Crippen molar-refractivity contribution in [1.82, 2.24) is 15.0 Å². The standard InChI is InChI=1S/C25H23N3O4S/c1-16-12-21(15-28-13-18(14-28)25(29)30-2)33-22(16)23-26-24(32-27-23)17-8-10-20(11-9-17)31-19-6-4-3-5-7-19/h3-12,18H,13-15H2,1-2H3. The van der Waals surface area contributed by atoms with Gasteiger partial charge < -0.3 is 14.0 Å². The maximum atomic E-state index is 11.6. The summed E-state index contributed by atoms with van der Waals surface area (Å²) < 4.78 is 16.2. The largest absolute Gasteiger partial charge is 0.469 e. The fourth-order valence-corrected chi connectivity index (χ4v) is 4.95. The molecule has 2 aromatic carbocycles. The van der Waals surface area contributed by atoms with Crippen LogP contribution in [0.25, 0.3) is 22.2 Å². The van der Waals surface area contributed by atoms with Crippen molar-refractivity contribution >= 4 is 17.3 Å².